The van der Waals surface area contributed by atoms with Crippen LogP contribution in [-0.4, -0.2) is 27.9 Å². The predicted molar refractivity (Wildman–Crippen MR) is 124 cm³/mol. The number of benzene rings is 3. The van der Waals surface area contributed by atoms with Gasteiger partial charge in [0, 0.05) is 23.1 Å². The number of imidazole rings is 1. The van der Waals surface area contributed by atoms with Gasteiger partial charge in [-0.15, -0.1) is 5.10 Å². The zero-order chi connectivity index (χ0) is 23.7. The van der Waals surface area contributed by atoms with Crippen molar-refractivity contribution in [2.45, 2.75) is 0 Å². The van der Waals surface area contributed by atoms with Gasteiger partial charge in [-0.3, -0.25) is 14.9 Å². The molecule has 168 valence electrons. The van der Waals surface area contributed by atoms with Gasteiger partial charge in [-0.1, -0.05) is 12.1 Å². The largest absolute Gasteiger partial charge is 0.497 e. The van der Waals surface area contributed by atoms with E-state index < -0.39 is 10.8 Å². The summed E-state index contributed by atoms with van der Waals surface area (Å²) in [5.74, 6) is 0.628. The van der Waals surface area contributed by atoms with Crippen LogP contribution < -0.4 is 15.7 Å². The SMILES string of the molecule is COc1ccc2oc(=NNC(=O)c3ccc([N+](=O)[O-])cc3)c(-c3nc4ccccc4[nH]3)cc2c1. The van der Waals surface area contributed by atoms with Crippen molar-refractivity contribution in [1.29, 1.82) is 0 Å². The first kappa shape index (κ1) is 20.9. The molecular weight excluding hydrogens is 438 g/mol. The van der Waals surface area contributed by atoms with E-state index >= 15 is 0 Å². The van der Waals surface area contributed by atoms with E-state index in [1.165, 1.54) is 24.3 Å². The summed E-state index contributed by atoms with van der Waals surface area (Å²) in [6.07, 6.45) is 0. The number of carbonyl (C=O) groups excluding carboxylic acids is 1. The number of aromatic amines is 1. The first-order valence-electron chi connectivity index (χ1n) is 10.2. The van der Waals surface area contributed by atoms with Crippen molar-refractivity contribution in [2.75, 3.05) is 7.11 Å². The molecule has 0 aliphatic carbocycles. The molecule has 0 saturated carbocycles. The number of nitro groups is 1. The third kappa shape index (κ3) is 3.95. The highest BCUT2D eigenvalue weighted by Gasteiger charge is 2.13. The number of nitrogens with one attached hydrogen (secondary N) is 2. The fourth-order valence-electron chi connectivity index (χ4n) is 3.47. The molecule has 0 aliphatic rings. The van der Waals surface area contributed by atoms with Crippen LogP contribution in [-0.2, 0) is 0 Å². The molecule has 0 aliphatic heterocycles. The molecule has 10 nitrogen and oxygen atoms in total. The fourth-order valence-corrected chi connectivity index (χ4v) is 3.47. The van der Waals surface area contributed by atoms with Gasteiger partial charge in [0.25, 0.3) is 11.6 Å². The molecule has 0 bridgehead atoms. The van der Waals surface area contributed by atoms with Crippen LogP contribution >= 0.6 is 0 Å². The van der Waals surface area contributed by atoms with E-state index in [0.29, 0.717) is 22.7 Å². The van der Waals surface area contributed by atoms with E-state index in [1.807, 2.05) is 36.4 Å². The summed E-state index contributed by atoms with van der Waals surface area (Å²) in [5, 5.41) is 15.8. The molecule has 10 heteroatoms. The Morgan fingerprint density at radius 2 is 1.91 bits per heavy atom. The number of nitrogens with zero attached hydrogens (tertiary/aromatic N) is 3. The predicted octanol–water partition coefficient (Wildman–Crippen LogP) is 4.14. The van der Waals surface area contributed by atoms with Crippen LogP contribution in [0.5, 0.6) is 5.75 Å². The summed E-state index contributed by atoms with van der Waals surface area (Å²) >= 11 is 0. The molecule has 5 aromatic rings. The monoisotopic (exact) mass is 455 g/mol. The Morgan fingerprint density at radius 1 is 1.12 bits per heavy atom. The zero-order valence-electron chi connectivity index (χ0n) is 17.8. The minimum absolute atomic E-state index is 0.111. The minimum Gasteiger partial charge on any atom is -0.497 e. The number of non-ortho nitro benzene ring substituents is 1. The topological polar surface area (TPSA) is 136 Å². The Balaban J connectivity index is 1.59. The van der Waals surface area contributed by atoms with E-state index in [4.69, 9.17) is 9.15 Å². The van der Waals surface area contributed by atoms with E-state index in [0.717, 1.165) is 16.4 Å². The Hall–Kier alpha value is -4.99. The highest BCUT2D eigenvalue weighted by molar-refractivity contribution is 5.94. The van der Waals surface area contributed by atoms with E-state index in [-0.39, 0.29) is 16.8 Å². The summed E-state index contributed by atoms with van der Waals surface area (Å²) in [4.78, 5) is 30.7. The second-order valence-electron chi connectivity index (χ2n) is 7.33. The summed E-state index contributed by atoms with van der Waals surface area (Å²) in [5.41, 5.74) is 5.35. The maximum Gasteiger partial charge on any atom is 0.271 e. The van der Waals surface area contributed by atoms with E-state index in [9.17, 15) is 14.9 Å². The average molecular weight is 455 g/mol. The number of ether oxygens (including phenoxy) is 1. The maximum atomic E-state index is 12.6. The Kier molecular flexibility index (Phi) is 5.23. The highest BCUT2D eigenvalue weighted by Crippen LogP contribution is 2.24. The van der Waals surface area contributed by atoms with Gasteiger partial charge >= 0.3 is 0 Å². The van der Waals surface area contributed by atoms with Gasteiger partial charge in [0.15, 0.2) is 0 Å². The van der Waals surface area contributed by atoms with Crippen molar-refractivity contribution in [3.05, 3.63) is 94.0 Å². The van der Waals surface area contributed by atoms with E-state index in [2.05, 4.69) is 20.5 Å². The van der Waals surface area contributed by atoms with Gasteiger partial charge in [0.05, 0.1) is 28.6 Å². The smallest absolute Gasteiger partial charge is 0.271 e. The standard InChI is InChI=1S/C24H17N5O5/c1-33-17-10-11-21-15(12-17)13-18(22-25-19-4-2-3-5-20(19)26-22)24(34-21)28-27-23(30)14-6-8-16(9-7-14)29(31)32/h2-13H,1H3,(H,25,26)(H,27,30). The number of amides is 1. The van der Waals surface area contributed by atoms with Crippen molar-refractivity contribution in [1.82, 2.24) is 15.4 Å². The van der Waals surface area contributed by atoms with Gasteiger partial charge < -0.3 is 14.1 Å². The molecule has 3 aromatic carbocycles. The molecule has 1 amide bonds. The first-order chi connectivity index (χ1) is 16.5. The molecule has 0 unspecified atom stereocenters. The molecular formula is C24H17N5O5. The molecule has 2 N–H and O–H groups in total. The maximum absolute atomic E-state index is 12.6. The molecule has 34 heavy (non-hydrogen) atoms. The van der Waals surface area contributed by atoms with Gasteiger partial charge in [-0.25, -0.2) is 10.4 Å². The molecule has 0 spiro atoms. The molecule has 0 saturated heterocycles. The third-order valence-electron chi connectivity index (χ3n) is 5.20. The summed E-state index contributed by atoms with van der Waals surface area (Å²) in [7, 11) is 1.58. The lowest BCUT2D eigenvalue weighted by atomic mass is 10.1. The second kappa shape index (κ2) is 8.51. The minimum atomic E-state index is -0.546. The quantitative estimate of drug-likeness (QED) is 0.302. The van der Waals surface area contributed by atoms with Crippen molar-refractivity contribution in [3.8, 4) is 17.1 Å². The number of rotatable bonds is 5. The number of hydrogen-bond acceptors (Lipinski definition) is 7. The highest BCUT2D eigenvalue weighted by atomic mass is 16.6. The number of nitro benzene ring substituents is 1. The Bertz CT molecular complexity index is 1590. The first-order valence-corrected chi connectivity index (χ1v) is 10.2. The van der Waals surface area contributed by atoms with Crippen molar-refractivity contribution >= 4 is 33.6 Å². The van der Waals surface area contributed by atoms with Crippen LogP contribution in [0.15, 0.2) is 82.3 Å². The Morgan fingerprint density at radius 3 is 2.65 bits per heavy atom. The molecule has 0 radical (unpaired) electrons. The van der Waals surface area contributed by atoms with Crippen molar-refractivity contribution in [2.24, 2.45) is 5.10 Å². The van der Waals surface area contributed by atoms with E-state index in [1.54, 1.807) is 19.2 Å². The van der Waals surface area contributed by atoms with Crippen LogP contribution in [0.25, 0.3) is 33.4 Å². The number of carbonyl (C=O) groups is 1. The third-order valence-corrected chi connectivity index (χ3v) is 5.20. The number of H-pyrrole nitrogens is 1. The average Bonchev–Trinajstić information content (AvgIpc) is 3.30. The summed E-state index contributed by atoms with van der Waals surface area (Å²) in [6.45, 7) is 0. The number of fused-ring (bicyclic) bond motifs is 2. The van der Waals surface area contributed by atoms with Crippen LogP contribution in [0.4, 0.5) is 5.69 Å². The second-order valence-corrected chi connectivity index (χ2v) is 7.33. The van der Waals surface area contributed by atoms with Crippen LogP contribution in [0, 0.1) is 10.1 Å². The summed E-state index contributed by atoms with van der Waals surface area (Å²) in [6, 6.07) is 19.9. The number of aromatic nitrogens is 2. The lowest BCUT2D eigenvalue weighted by Gasteiger charge is -2.05. The zero-order valence-corrected chi connectivity index (χ0v) is 17.8. The van der Waals surface area contributed by atoms with Gasteiger partial charge in [0.2, 0.25) is 5.55 Å². The Labute approximate surface area is 191 Å². The molecule has 0 fully saturated rings. The van der Waals surface area contributed by atoms with Crippen LogP contribution in [0.3, 0.4) is 0 Å². The lowest BCUT2D eigenvalue weighted by Crippen LogP contribution is -2.22. The number of methoxy groups -OCH3 is 1. The number of hydrogen-bond donors (Lipinski definition) is 2. The normalized spacial score (nSPS) is 11.6. The van der Waals surface area contributed by atoms with Gasteiger partial charge in [-0.2, -0.15) is 0 Å². The molecule has 5 rings (SSSR count). The lowest BCUT2D eigenvalue weighted by molar-refractivity contribution is -0.384. The number of para-hydroxylation sites is 2. The fraction of sp³-hybridized carbons (Fsp3) is 0.0417. The van der Waals surface area contributed by atoms with Crippen molar-refractivity contribution in [3.63, 3.8) is 0 Å². The molecule has 2 heterocycles. The van der Waals surface area contributed by atoms with Gasteiger partial charge in [0.1, 0.15) is 17.2 Å². The summed E-state index contributed by atoms with van der Waals surface area (Å²) < 4.78 is 11.3. The molecule has 0 atom stereocenters. The van der Waals surface area contributed by atoms with Crippen molar-refractivity contribution < 1.29 is 18.9 Å². The van der Waals surface area contributed by atoms with Gasteiger partial charge in [-0.05, 0) is 48.5 Å². The molecule has 2 aromatic heterocycles. The van der Waals surface area contributed by atoms with Crippen LogP contribution in [0.1, 0.15) is 10.4 Å². The van der Waals surface area contributed by atoms with Crippen LogP contribution in [0.2, 0.25) is 0 Å².